The van der Waals surface area contributed by atoms with Crippen LogP contribution in [0.1, 0.15) is 25.0 Å². The number of carbonyl (C=O) groups excluding carboxylic acids is 2. The molecule has 0 aliphatic rings. The molecule has 0 bridgehead atoms. The first-order valence-electron chi connectivity index (χ1n) is 9.37. The third kappa shape index (κ3) is 6.95. The number of hydrogen-bond acceptors (Lipinski definition) is 4. The zero-order valence-electron chi connectivity index (χ0n) is 16.8. The molecule has 0 aromatic heterocycles. The van der Waals surface area contributed by atoms with E-state index in [-0.39, 0.29) is 11.8 Å². The second-order valence-electron chi connectivity index (χ2n) is 6.73. The van der Waals surface area contributed by atoms with Crippen molar-refractivity contribution in [2.24, 2.45) is 0 Å². The first kappa shape index (κ1) is 21.3. The summed E-state index contributed by atoms with van der Waals surface area (Å²) in [4.78, 5) is 24.2. The van der Waals surface area contributed by atoms with Crippen LogP contribution < -0.4 is 20.1 Å². The van der Waals surface area contributed by atoms with Gasteiger partial charge in [0.05, 0.1) is 0 Å². The van der Waals surface area contributed by atoms with Gasteiger partial charge in [-0.1, -0.05) is 35.4 Å². The highest BCUT2D eigenvalue weighted by atomic mass is 16.5. The summed E-state index contributed by atoms with van der Waals surface area (Å²) < 4.78 is 11.2. The average Bonchev–Trinajstić information content (AvgIpc) is 2.68. The standard InChI is InChI=1S/C22H28N2O4/c1-15-5-9-19(10-6-15)27-17(3)21(25)23-13-14-24-22(26)18(4)28-20-11-7-16(2)8-12-20/h5-12,17-18H,13-14H2,1-4H3,(H,23,25)(H,24,26)/t17-,18-/m1/s1. The van der Waals surface area contributed by atoms with Gasteiger partial charge in [0.25, 0.3) is 11.8 Å². The summed E-state index contributed by atoms with van der Waals surface area (Å²) in [6.07, 6.45) is -1.25. The summed E-state index contributed by atoms with van der Waals surface area (Å²) in [5.74, 6) is 0.810. The van der Waals surface area contributed by atoms with E-state index in [2.05, 4.69) is 10.6 Å². The van der Waals surface area contributed by atoms with Crippen molar-refractivity contribution in [3.05, 3.63) is 59.7 Å². The second-order valence-corrected chi connectivity index (χ2v) is 6.73. The molecule has 2 N–H and O–H groups in total. The second kappa shape index (κ2) is 10.3. The molecule has 6 heteroatoms. The van der Waals surface area contributed by atoms with Crippen molar-refractivity contribution in [3.8, 4) is 11.5 Å². The van der Waals surface area contributed by atoms with Crippen LogP contribution in [0.4, 0.5) is 0 Å². The van der Waals surface area contributed by atoms with Crippen molar-refractivity contribution >= 4 is 11.8 Å². The van der Waals surface area contributed by atoms with Gasteiger partial charge >= 0.3 is 0 Å². The smallest absolute Gasteiger partial charge is 0.260 e. The first-order valence-corrected chi connectivity index (χ1v) is 9.37. The molecule has 2 atom stereocenters. The summed E-state index contributed by atoms with van der Waals surface area (Å²) >= 11 is 0. The van der Waals surface area contributed by atoms with Crippen LogP contribution in [-0.2, 0) is 9.59 Å². The topological polar surface area (TPSA) is 76.7 Å². The molecule has 6 nitrogen and oxygen atoms in total. The Labute approximate surface area is 166 Å². The lowest BCUT2D eigenvalue weighted by atomic mass is 10.2. The van der Waals surface area contributed by atoms with Crippen LogP contribution in [-0.4, -0.2) is 37.1 Å². The fraction of sp³-hybridized carbons (Fsp3) is 0.364. The maximum Gasteiger partial charge on any atom is 0.260 e. The number of aryl methyl sites for hydroxylation is 2. The Morgan fingerprint density at radius 1 is 0.714 bits per heavy atom. The van der Waals surface area contributed by atoms with E-state index in [4.69, 9.17) is 9.47 Å². The van der Waals surface area contributed by atoms with E-state index in [0.717, 1.165) is 11.1 Å². The van der Waals surface area contributed by atoms with E-state index < -0.39 is 12.2 Å². The Kier molecular flexibility index (Phi) is 7.87. The van der Waals surface area contributed by atoms with E-state index in [1.54, 1.807) is 13.8 Å². The van der Waals surface area contributed by atoms with Gasteiger partial charge in [0.2, 0.25) is 0 Å². The fourth-order valence-electron chi connectivity index (χ4n) is 2.41. The van der Waals surface area contributed by atoms with Crippen LogP contribution in [0.25, 0.3) is 0 Å². The van der Waals surface area contributed by atoms with Gasteiger partial charge in [-0.05, 0) is 52.0 Å². The molecule has 0 fully saturated rings. The highest BCUT2D eigenvalue weighted by Crippen LogP contribution is 2.14. The van der Waals surface area contributed by atoms with Crippen molar-refractivity contribution in [1.29, 1.82) is 0 Å². The lowest BCUT2D eigenvalue weighted by Gasteiger charge is -2.16. The minimum Gasteiger partial charge on any atom is -0.481 e. The van der Waals surface area contributed by atoms with E-state index in [1.807, 2.05) is 62.4 Å². The van der Waals surface area contributed by atoms with Gasteiger partial charge < -0.3 is 20.1 Å². The summed E-state index contributed by atoms with van der Waals surface area (Å²) in [5, 5.41) is 5.49. The van der Waals surface area contributed by atoms with E-state index >= 15 is 0 Å². The van der Waals surface area contributed by atoms with Crippen molar-refractivity contribution < 1.29 is 19.1 Å². The Bertz CT molecular complexity index is 705. The van der Waals surface area contributed by atoms with Gasteiger partial charge in [-0.25, -0.2) is 0 Å². The number of ether oxygens (including phenoxy) is 2. The minimum absolute atomic E-state index is 0.237. The van der Waals surface area contributed by atoms with E-state index in [9.17, 15) is 9.59 Å². The maximum atomic E-state index is 12.1. The first-order chi connectivity index (χ1) is 13.3. The van der Waals surface area contributed by atoms with Crippen molar-refractivity contribution in [1.82, 2.24) is 10.6 Å². The average molecular weight is 384 g/mol. The molecule has 2 aromatic rings. The summed E-state index contributed by atoms with van der Waals surface area (Å²) in [5.41, 5.74) is 2.25. The monoisotopic (exact) mass is 384 g/mol. The molecule has 0 unspecified atom stereocenters. The molecule has 28 heavy (non-hydrogen) atoms. The largest absolute Gasteiger partial charge is 0.481 e. The van der Waals surface area contributed by atoms with Gasteiger partial charge in [-0.15, -0.1) is 0 Å². The zero-order chi connectivity index (χ0) is 20.5. The van der Waals surface area contributed by atoms with Crippen molar-refractivity contribution in [3.63, 3.8) is 0 Å². The molecule has 0 spiro atoms. The summed E-state index contributed by atoms with van der Waals surface area (Å²) in [6.45, 7) is 7.96. The van der Waals surface area contributed by atoms with Crippen LogP contribution in [0.2, 0.25) is 0 Å². The summed E-state index contributed by atoms with van der Waals surface area (Å²) in [6, 6.07) is 15.0. The highest BCUT2D eigenvalue weighted by molar-refractivity contribution is 5.81. The molecule has 0 aliphatic carbocycles. The molecular weight excluding hydrogens is 356 g/mol. The Balaban J connectivity index is 1.66. The highest BCUT2D eigenvalue weighted by Gasteiger charge is 2.16. The van der Waals surface area contributed by atoms with Gasteiger partial charge in [-0.3, -0.25) is 9.59 Å². The number of benzene rings is 2. The minimum atomic E-state index is -0.623. The SMILES string of the molecule is Cc1ccc(O[C@H](C)C(=O)NCCNC(=O)[C@@H](C)Oc2ccc(C)cc2)cc1. The van der Waals surface area contributed by atoms with Gasteiger partial charge in [0, 0.05) is 13.1 Å². The third-order valence-electron chi connectivity index (χ3n) is 4.13. The van der Waals surface area contributed by atoms with Crippen LogP contribution in [0.15, 0.2) is 48.5 Å². The number of rotatable bonds is 9. The number of nitrogens with one attached hydrogen (secondary N) is 2. The fourth-order valence-corrected chi connectivity index (χ4v) is 2.41. The van der Waals surface area contributed by atoms with Crippen molar-refractivity contribution in [2.45, 2.75) is 39.9 Å². The lowest BCUT2D eigenvalue weighted by molar-refractivity contribution is -0.129. The molecule has 0 saturated carbocycles. The van der Waals surface area contributed by atoms with Crippen LogP contribution >= 0.6 is 0 Å². The lowest BCUT2D eigenvalue weighted by Crippen LogP contribution is -2.43. The van der Waals surface area contributed by atoms with Gasteiger partial charge in [0.15, 0.2) is 12.2 Å². The molecule has 150 valence electrons. The molecule has 2 amide bonds. The van der Waals surface area contributed by atoms with E-state index in [0.29, 0.717) is 24.6 Å². The van der Waals surface area contributed by atoms with Crippen LogP contribution in [0, 0.1) is 13.8 Å². The van der Waals surface area contributed by atoms with Crippen LogP contribution in [0.3, 0.4) is 0 Å². The number of hydrogen-bond donors (Lipinski definition) is 2. The molecule has 0 saturated heterocycles. The number of carbonyl (C=O) groups is 2. The van der Waals surface area contributed by atoms with Crippen LogP contribution in [0.5, 0.6) is 11.5 Å². The third-order valence-corrected chi connectivity index (χ3v) is 4.13. The molecule has 0 aliphatic heterocycles. The summed E-state index contributed by atoms with van der Waals surface area (Å²) in [7, 11) is 0. The predicted octanol–water partition coefficient (Wildman–Crippen LogP) is 2.77. The Morgan fingerprint density at radius 2 is 1.04 bits per heavy atom. The van der Waals surface area contributed by atoms with Crippen molar-refractivity contribution in [2.75, 3.05) is 13.1 Å². The zero-order valence-corrected chi connectivity index (χ0v) is 16.8. The molecule has 0 radical (unpaired) electrons. The van der Waals surface area contributed by atoms with Gasteiger partial charge in [-0.2, -0.15) is 0 Å². The maximum absolute atomic E-state index is 12.1. The van der Waals surface area contributed by atoms with Gasteiger partial charge in [0.1, 0.15) is 11.5 Å². The molecule has 2 rings (SSSR count). The normalized spacial score (nSPS) is 12.6. The Morgan fingerprint density at radius 3 is 1.36 bits per heavy atom. The predicted molar refractivity (Wildman–Crippen MR) is 109 cm³/mol. The van der Waals surface area contributed by atoms with E-state index in [1.165, 1.54) is 0 Å². The quantitative estimate of drug-likeness (QED) is 0.652. The molecule has 0 heterocycles. The Hall–Kier alpha value is -3.02. The number of amides is 2. The molecular formula is C22H28N2O4. The molecule has 2 aromatic carbocycles.